The first kappa shape index (κ1) is 18.5. The van der Waals surface area contributed by atoms with Crippen LogP contribution in [0.3, 0.4) is 0 Å². The van der Waals surface area contributed by atoms with Crippen LogP contribution in [0.4, 0.5) is 5.69 Å². The average molecular weight is 375 g/mol. The minimum absolute atomic E-state index is 0.273. The van der Waals surface area contributed by atoms with Crippen molar-refractivity contribution in [3.8, 4) is 6.07 Å². The van der Waals surface area contributed by atoms with Crippen LogP contribution in [-0.2, 0) is 16.0 Å². The second-order valence-corrected chi connectivity index (χ2v) is 5.61. The monoisotopic (exact) mass is 374 g/mol. The van der Waals surface area contributed by atoms with Gasteiger partial charge in [-0.05, 0) is 23.8 Å². The molecule has 126 valence electrons. The number of benzene rings is 2. The fourth-order valence-electron chi connectivity index (χ4n) is 1.82. The van der Waals surface area contributed by atoms with Gasteiger partial charge in [0, 0.05) is 11.3 Å². The summed E-state index contributed by atoms with van der Waals surface area (Å²) in [5.41, 5.74) is 3.85. The van der Waals surface area contributed by atoms with Gasteiger partial charge in [0.1, 0.15) is 0 Å². The van der Waals surface area contributed by atoms with E-state index in [9.17, 15) is 9.59 Å². The van der Waals surface area contributed by atoms with Crippen molar-refractivity contribution in [2.24, 2.45) is 5.10 Å². The summed E-state index contributed by atoms with van der Waals surface area (Å²) in [6, 6.07) is 13.6. The number of carbonyl (C=O) groups is 2. The third-order valence-electron chi connectivity index (χ3n) is 3.05. The Hall–Kier alpha value is -2.88. The Morgan fingerprint density at radius 2 is 1.84 bits per heavy atom. The number of nitrogens with zero attached hydrogens (tertiary/aromatic N) is 2. The second-order valence-electron chi connectivity index (χ2n) is 4.83. The lowest BCUT2D eigenvalue weighted by molar-refractivity contribution is -0.136. The maximum Gasteiger partial charge on any atom is 0.329 e. The lowest BCUT2D eigenvalue weighted by Crippen LogP contribution is -2.32. The molecule has 0 saturated carbocycles. The minimum Gasteiger partial charge on any atom is -0.318 e. The van der Waals surface area contributed by atoms with E-state index < -0.39 is 11.8 Å². The van der Waals surface area contributed by atoms with Gasteiger partial charge in [-0.1, -0.05) is 47.5 Å². The number of carbonyl (C=O) groups excluding carboxylic acids is 2. The molecule has 0 spiro atoms. The lowest BCUT2D eigenvalue weighted by Gasteiger charge is -2.04. The highest BCUT2D eigenvalue weighted by Crippen LogP contribution is 2.24. The summed E-state index contributed by atoms with van der Waals surface area (Å²) in [4.78, 5) is 23.5. The van der Waals surface area contributed by atoms with Gasteiger partial charge in [0.15, 0.2) is 0 Å². The van der Waals surface area contributed by atoms with Gasteiger partial charge in [0.25, 0.3) is 0 Å². The fourth-order valence-corrected chi connectivity index (χ4v) is 2.17. The first-order chi connectivity index (χ1) is 12.0. The Morgan fingerprint density at radius 1 is 1.12 bits per heavy atom. The van der Waals surface area contributed by atoms with E-state index in [1.165, 1.54) is 6.21 Å². The molecule has 2 aromatic carbocycles. The Labute approximate surface area is 154 Å². The highest BCUT2D eigenvalue weighted by molar-refractivity contribution is 6.43. The molecule has 0 bridgehead atoms. The van der Waals surface area contributed by atoms with Crippen LogP contribution in [0, 0.1) is 11.3 Å². The number of nitriles is 1. The van der Waals surface area contributed by atoms with Crippen molar-refractivity contribution in [3.05, 3.63) is 63.6 Å². The molecule has 25 heavy (non-hydrogen) atoms. The highest BCUT2D eigenvalue weighted by Gasteiger charge is 2.12. The van der Waals surface area contributed by atoms with E-state index in [-0.39, 0.29) is 6.42 Å². The topological polar surface area (TPSA) is 94.4 Å². The van der Waals surface area contributed by atoms with E-state index in [1.807, 2.05) is 6.07 Å². The van der Waals surface area contributed by atoms with Gasteiger partial charge in [-0.2, -0.15) is 10.4 Å². The van der Waals surface area contributed by atoms with Crippen LogP contribution in [0.5, 0.6) is 0 Å². The van der Waals surface area contributed by atoms with Crippen molar-refractivity contribution in [1.29, 1.82) is 5.26 Å². The molecule has 0 heterocycles. The number of hydrazone groups is 1. The Bertz CT molecular complexity index is 858. The number of hydrogen-bond acceptors (Lipinski definition) is 4. The molecule has 2 amide bonds. The predicted molar refractivity (Wildman–Crippen MR) is 96.6 cm³/mol. The summed E-state index contributed by atoms with van der Waals surface area (Å²) in [5, 5.41) is 15.4. The Morgan fingerprint density at radius 3 is 2.52 bits per heavy atom. The van der Waals surface area contributed by atoms with Gasteiger partial charge >= 0.3 is 11.8 Å². The van der Waals surface area contributed by atoms with E-state index in [0.29, 0.717) is 21.3 Å². The van der Waals surface area contributed by atoms with Crippen LogP contribution in [0.1, 0.15) is 11.1 Å². The van der Waals surface area contributed by atoms with Crippen molar-refractivity contribution in [2.75, 3.05) is 5.32 Å². The van der Waals surface area contributed by atoms with Gasteiger partial charge in [-0.15, -0.1) is 0 Å². The summed E-state index contributed by atoms with van der Waals surface area (Å²) in [6.07, 6.45) is 1.56. The maximum absolute atomic E-state index is 11.8. The van der Waals surface area contributed by atoms with Crippen LogP contribution >= 0.6 is 23.2 Å². The van der Waals surface area contributed by atoms with Crippen molar-refractivity contribution < 1.29 is 9.59 Å². The molecule has 6 nitrogen and oxygen atoms in total. The van der Waals surface area contributed by atoms with E-state index >= 15 is 0 Å². The van der Waals surface area contributed by atoms with Gasteiger partial charge < -0.3 is 5.32 Å². The summed E-state index contributed by atoms with van der Waals surface area (Å²) in [6.45, 7) is 0. The molecule has 0 radical (unpaired) electrons. The highest BCUT2D eigenvalue weighted by atomic mass is 35.5. The van der Waals surface area contributed by atoms with Gasteiger partial charge in [0.05, 0.1) is 28.7 Å². The second kappa shape index (κ2) is 8.83. The molecule has 2 N–H and O–H groups in total. The quantitative estimate of drug-likeness (QED) is 0.488. The van der Waals surface area contributed by atoms with Gasteiger partial charge in [-0.25, -0.2) is 5.43 Å². The third-order valence-corrected chi connectivity index (χ3v) is 3.89. The number of amides is 2. The van der Waals surface area contributed by atoms with E-state index in [0.717, 1.165) is 5.56 Å². The molecule has 0 aliphatic heterocycles. The minimum atomic E-state index is -0.935. The Balaban J connectivity index is 1.92. The zero-order valence-corrected chi connectivity index (χ0v) is 14.3. The molecule has 2 rings (SSSR count). The molecular formula is C17H12Cl2N4O2. The molecule has 0 atom stereocenters. The summed E-state index contributed by atoms with van der Waals surface area (Å²) in [5.74, 6) is -1.81. The van der Waals surface area contributed by atoms with Crippen LogP contribution in [0.15, 0.2) is 47.6 Å². The van der Waals surface area contributed by atoms with Crippen molar-refractivity contribution >= 4 is 46.9 Å². The van der Waals surface area contributed by atoms with Crippen molar-refractivity contribution in [3.63, 3.8) is 0 Å². The first-order valence-electron chi connectivity index (χ1n) is 7.05. The van der Waals surface area contributed by atoms with Crippen LogP contribution in [-0.4, -0.2) is 18.0 Å². The summed E-state index contributed by atoms with van der Waals surface area (Å²) < 4.78 is 0. The molecule has 0 aromatic heterocycles. The predicted octanol–water partition coefficient (Wildman–Crippen LogP) is 3.15. The molecule has 0 unspecified atom stereocenters. The van der Waals surface area contributed by atoms with Crippen molar-refractivity contribution in [2.45, 2.75) is 6.42 Å². The number of hydrogen-bond donors (Lipinski definition) is 2. The maximum atomic E-state index is 11.8. The van der Waals surface area contributed by atoms with Crippen LogP contribution < -0.4 is 10.7 Å². The average Bonchev–Trinajstić information content (AvgIpc) is 2.60. The van der Waals surface area contributed by atoms with E-state index in [2.05, 4.69) is 15.8 Å². The summed E-state index contributed by atoms with van der Waals surface area (Å²) >= 11 is 11.8. The lowest BCUT2D eigenvalue weighted by atomic mass is 10.1. The number of nitrogens with one attached hydrogen (secondary N) is 2. The van der Waals surface area contributed by atoms with E-state index in [4.69, 9.17) is 28.5 Å². The molecule has 0 fully saturated rings. The largest absolute Gasteiger partial charge is 0.329 e. The van der Waals surface area contributed by atoms with Crippen LogP contribution in [0.25, 0.3) is 0 Å². The Kier molecular flexibility index (Phi) is 6.52. The molecular weight excluding hydrogens is 363 g/mol. The summed E-state index contributed by atoms with van der Waals surface area (Å²) in [7, 11) is 0. The van der Waals surface area contributed by atoms with Crippen molar-refractivity contribution in [1.82, 2.24) is 5.43 Å². The molecule has 0 aliphatic rings. The third kappa shape index (κ3) is 5.31. The van der Waals surface area contributed by atoms with Gasteiger partial charge in [-0.3, -0.25) is 9.59 Å². The first-order valence-corrected chi connectivity index (χ1v) is 7.81. The number of rotatable bonds is 4. The molecule has 8 heteroatoms. The number of anilines is 1. The zero-order chi connectivity index (χ0) is 18.2. The standard InChI is InChI=1S/C17H12Cl2N4O2/c18-14-3-1-2-12(15(14)19)10-21-23-17(25)16(24)22-13-6-4-11(5-7-13)8-9-20/h1-7,10H,8H2,(H,22,24)(H,23,25). The molecule has 0 saturated heterocycles. The number of halogens is 2. The zero-order valence-electron chi connectivity index (χ0n) is 12.8. The van der Waals surface area contributed by atoms with E-state index in [1.54, 1.807) is 42.5 Å². The molecule has 2 aromatic rings. The normalized spacial score (nSPS) is 10.3. The SMILES string of the molecule is N#CCc1ccc(NC(=O)C(=O)NN=Cc2cccc(Cl)c2Cl)cc1. The fraction of sp³-hybridized carbons (Fsp3) is 0.0588. The molecule has 0 aliphatic carbocycles. The van der Waals surface area contributed by atoms with Gasteiger partial charge in [0.2, 0.25) is 0 Å². The smallest absolute Gasteiger partial charge is 0.318 e. The van der Waals surface area contributed by atoms with Crippen LogP contribution in [0.2, 0.25) is 10.0 Å².